The maximum atomic E-state index is 3.57. The summed E-state index contributed by atoms with van der Waals surface area (Å²) in [5.41, 5.74) is 2.85. The first kappa shape index (κ1) is 16.4. The van der Waals surface area contributed by atoms with Crippen LogP contribution in [-0.2, 0) is 6.54 Å². The van der Waals surface area contributed by atoms with Crippen LogP contribution in [0.25, 0.3) is 0 Å². The van der Waals surface area contributed by atoms with Gasteiger partial charge in [-0.05, 0) is 45.6 Å². The van der Waals surface area contributed by atoms with Crippen molar-refractivity contribution >= 4 is 17.4 Å². The van der Waals surface area contributed by atoms with Crippen molar-refractivity contribution in [1.82, 2.24) is 5.32 Å². The van der Waals surface area contributed by atoms with Crippen molar-refractivity contribution in [2.45, 2.75) is 45.8 Å². The quantitative estimate of drug-likeness (QED) is 0.854. The summed E-state index contributed by atoms with van der Waals surface area (Å²) in [5, 5.41) is 3.57. The van der Waals surface area contributed by atoms with Gasteiger partial charge >= 0.3 is 0 Å². The van der Waals surface area contributed by atoms with Crippen molar-refractivity contribution in [3.05, 3.63) is 29.8 Å². The van der Waals surface area contributed by atoms with E-state index in [1.807, 2.05) is 11.8 Å². The molecule has 1 aromatic rings. The number of nitrogens with zero attached hydrogens (tertiary/aromatic N) is 1. The van der Waals surface area contributed by atoms with E-state index >= 15 is 0 Å². The first-order chi connectivity index (χ1) is 8.85. The third-order valence-electron chi connectivity index (χ3n) is 3.25. The van der Waals surface area contributed by atoms with Crippen LogP contribution in [0.1, 0.15) is 33.3 Å². The lowest BCUT2D eigenvalue weighted by Crippen LogP contribution is -2.36. The van der Waals surface area contributed by atoms with E-state index in [-0.39, 0.29) is 5.54 Å². The van der Waals surface area contributed by atoms with Gasteiger partial charge < -0.3 is 10.2 Å². The molecule has 0 saturated heterocycles. The molecule has 1 unspecified atom stereocenters. The van der Waals surface area contributed by atoms with E-state index in [1.165, 1.54) is 11.3 Å². The Morgan fingerprint density at radius 1 is 1.26 bits per heavy atom. The van der Waals surface area contributed by atoms with Crippen LogP contribution in [0.15, 0.2) is 24.3 Å². The summed E-state index contributed by atoms with van der Waals surface area (Å²) in [6.07, 6.45) is 2.16. The molecular formula is C16H28N2S. The molecule has 0 spiro atoms. The third kappa shape index (κ3) is 5.45. The summed E-state index contributed by atoms with van der Waals surface area (Å²) in [6.45, 7) is 9.81. The molecule has 0 aliphatic rings. The number of thioether (sulfide) groups is 1. The second-order valence-corrected chi connectivity index (χ2v) is 7.06. The summed E-state index contributed by atoms with van der Waals surface area (Å²) < 4.78 is 0. The van der Waals surface area contributed by atoms with Crippen molar-refractivity contribution in [2.24, 2.45) is 0 Å². The van der Waals surface area contributed by atoms with Crippen LogP contribution in [0, 0.1) is 0 Å². The number of anilines is 1. The first-order valence-electron chi connectivity index (χ1n) is 6.90. The van der Waals surface area contributed by atoms with Gasteiger partial charge in [-0.15, -0.1) is 0 Å². The lowest BCUT2D eigenvalue weighted by atomic mass is 10.1. The Morgan fingerprint density at radius 2 is 1.89 bits per heavy atom. The molecule has 108 valence electrons. The average molecular weight is 280 g/mol. The maximum absolute atomic E-state index is 3.57. The molecule has 1 atom stereocenters. The topological polar surface area (TPSA) is 15.3 Å². The number of hydrogen-bond acceptors (Lipinski definition) is 3. The minimum Gasteiger partial charge on any atom is -0.371 e. The van der Waals surface area contributed by atoms with E-state index in [9.17, 15) is 0 Å². The SMILES string of the molecule is CSCC(C)N(C)c1ccccc1CNC(C)(C)C. The van der Waals surface area contributed by atoms with Gasteiger partial charge in [0.1, 0.15) is 0 Å². The van der Waals surface area contributed by atoms with Crippen LogP contribution in [0.4, 0.5) is 5.69 Å². The molecular weight excluding hydrogens is 252 g/mol. The van der Waals surface area contributed by atoms with E-state index < -0.39 is 0 Å². The van der Waals surface area contributed by atoms with E-state index in [0.29, 0.717) is 6.04 Å². The van der Waals surface area contributed by atoms with Crippen LogP contribution in [0.2, 0.25) is 0 Å². The third-order valence-corrected chi connectivity index (χ3v) is 4.07. The van der Waals surface area contributed by atoms with Gasteiger partial charge in [0.15, 0.2) is 0 Å². The summed E-state index contributed by atoms with van der Waals surface area (Å²) >= 11 is 1.90. The second-order valence-electron chi connectivity index (χ2n) is 6.15. The van der Waals surface area contributed by atoms with E-state index in [1.54, 1.807) is 0 Å². The van der Waals surface area contributed by atoms with Crippen LogP contribution >= 0.6 is 11.8 Å². The zero-order chi connectivity index (χ0) is 14.5. The van der Waals surface area contributed by atoms with Crippen LogP contribution in [-0.4, -0.2) is 30.6 Å². The number of para-hydroxylation sites is 1. The van der Waals surface area contributed by atoms with Gasteiger partial charge in [0.2, 0.25) is 0 Å². The Labute approximate surface area is 123 Å². The largest absolute Gasteiger partial charge is 0.371 e. The molecule has 0 bridgehead atoms. The fourth-order valence-electron chi connectivity index (χ4n) is 1.96. The fourth-order valence-corrected chi connectivity index (χ4v) is 2.66. The fraction of sp³-hybridized carbons (Fsp3) is 0.625. The van der Waals surface area contributed by atoms with E-state index in [0.717, 1.165) is 12.3 Å². The number of hydrogen-bond donors (Lipinski definition) is 1. The Morgan fingerprint density at radius 3 is 2.47 bits per heavy atom. The predicted octanol–water partition coefficient (Wildman–Crippen LogP) is 3.76. The molecule has 0 heterocycles. The van der Waals surface area contributed by atoms with Gasteiger partial charge in [-0.3, -0.25) is 0 Å². The van der Waals surface area contributed by atoms with Crippen molar-refractivity contribution < 1.29 is 0 Å². The summed E-state index contributed by atoms with van der Waals surface area (Å²) in [5.74, 6) is 1.15. The molecule has 19 heavy (non-hydrogen) atoms. The van der Waals surface area contributed by atoms with Crippen molar-refractivity contribution in [3.63, 3.8) is 0 Å². The average Bonchev–Trinajstić information content (AvgIpc) is 2.35. The minimum atomic E-state index is 0.149. The highest BCUT2D eigenvalue weighted by molar-refractivity contribution is 7.98. The summed E-state index contributed by atoms with van der Waals surface area (Å²) in [4.78, 5) is 2.39. The minimum absolute atomic E-state index is 0.149. The van der Waals surface area contributed by atoms with Crippen LogP contribution in [0.3, 0.4) is 0 Å². The number of rotatable bonds is 6. The molecule has 0 saturated carbocycles. The van der Waals surface area contributed by atoms with Gasteiger partial charge in [0.25, 0.3) is 0 Å². The lowest BCUT2D eigenvalue weighted by molar-refractivity contribution is 0.424. The molecule has 2 nitrogen and oxygen atoms in total. The van der Waals surface area contributed by atoms with Gasteiger partial charge in [0, 0.05) is 36.6 Å². The van der Waals surface area contributed by atoms with Crippen molar-refractivity contribution in [3.8, 4) is 0 Å². The predicted molar refractivity (Wildman–Crippen MR) is 89.3 cm³/mol. The molecule has 0 fully saturated rings. The molecule has 0 amide bonds. The molecule has 0 aliphatic carbocycles. The Kier molecular flexibility index (Phi) is 6.21. The maximum Gasteiger partial charge on any atom is 0.0411 e. The smallest absolute Gasteiger partial charge is 0.0411 e. The van der Waals surface area contributed by atoms with Crippen molar-refractivity contribution in [2.75, 3.05) is 24.0 Å². The molecule has 1 N–H and O–H groups in total. The van der Waals surface area contributed by atoms with Gasteiger partial charge in [-0.1, -0.05) is 18.2 Å². The zero-order valence-electron chi connectivity index (χ0n) is 13.2. The second kappa shape index (κ2) is 7.20. The standard InChI is InChI=1S/C16H28N2S/c1-13(12-19-6)18(5)15-10-8-7-9-14(15)11-17-16(2,3)4/h7-10,13,17H,11-12H2,1-6H3. The molecule has 1 aromatic carbocycles. The van der Waals surface area contributed by atoms with Crippen molar-refractivity contribution in [1.29, 1.82) is 0 Å². The highest BCUT2D eigenvalue weighted by Gasteiger charge is 2.14. The van der Waals surface area contributed by atoms with Gasteiger partial charge in [-0.2, -0.15) is 11.8 Å². The van der Waals surface area contributed by atoms with Crippen LogP contribution < -0.4 is 10.2 Å². The number of benzene rings is 1. The monoisotopic (exact) mass is 280 g/mol. The Hall–Kier alpha value is -0.670. The molecule has 0 radical (unpaired) electrons. The first-order valence-corrected chi connectivity index (χ1v) is 8.29. The molecule has 3 heteroatoms. The molecule has 1 rings (SSSR count). The summed E-state index contributed by atoms with van der Waals surface area (Å²) in [7, 11) is 2.19. The van der Waals surface area contributed by atoms with Gasteiger partial charge in [0.05, 0.1) is 0 Å². The van der Waals surface area contributed by atoms with Crippen LogP contribution in [0.5, 0.6) is 0 Å². The summed E-state index contributed by atoms with van der Waals surface area (Å²) in [6, 6.07) is 9.23. The molecule has 0 aliphatic heterocycles. The Bertz CT molecular complexity index is 385. The zero-order valence-corrected chi connectivity index (χ0v) is 14.0. The Balaban J connectivity index is 2.83. The molecule has 0 aromatic heterocycles. The normalized spacial score (nSPS) is 13.4. The number of nitrogens with one attached hydrogen (secondary N) is 1. The highest BCUT2D eigenvalue weighted by atomic mass is 32.2. The van der Waals surface area contributed by atoms with E-state index in [2.05, 4.69) is 75.5 Å². The lowest BCUT2D eigenvalue weighted by Gasteiger charge is -2.30. The van der Waals surface area contributed by atoms with E-state index in [4.69, 9.17) is 0 Å². The van der Waals surface area contributed by atoms with Gasteiger partial charge in [-0.25, -0.2) is 0 Å². The highest BCUT2D eigenvalue weighted by Crippen LogP contribution is 2.22.